The number of para-hydroxylation sites is 1. The smallest absolute Gasteiger partial charge is 0.335 e. The molecule has 6 rings (SSSR count). The first kappa shape index (κ1) is 22.8. The largest absolute Gasteiger partial charge is 0.342 e. The highest BCUT2D eigenvalue weighted by molar-refractivity contribution is 6.39. The van der Waals surface area contributed by atoms with E-state index >= 15 is 0 Å². The molecule has 4 aromatic carbocycles. The van der Waals surface area contributed by atoms with Gasteiger partial charge in [-0.1, -0.05) is 72.3 Å². The Kier molecular flexibility index (Phi) is 5.58. The number of carbonyl (C=O) groups excluding carboxylic acids is 3. The quantitative estimate of drug-likeness (QED) is 0.235. The average Bonchev–Trinajstić information content (AvgIpc) is 3.25. The van der Waals surface area contributed by atoms with Crippen molar-refractivity contribution in [1.82, 2.24) is 9.88 Å². The molecule has 0 bridgehead atoms. The molecule has 180 valence electrons. The minimum absolute atomic E-state index is 0.123. The second-order valence-electron chi connectivity index (χ2n) is 8.80. The lowest BCUT2D eigenvalue weighted by atomic mass is 10.0. The normalized spacial score (nSPS) is 15.1. The maximum atomic E-state index is 13.4. The van der Waals surface area contributed by atoms with E-state index in [2.05, 4.69) is 34.1 Å². The number of barbiturate groups is 1. The van der Waals surface area contributed by atoms with Gasteiger partial charge in [0.15, 0.2) is 0 Å². The summed E-state index contributed by atoms with van der Waals surface area (Å²) in [5.41, 5.74) is 3.03. The fraction of sp³-hybridized carbons (Fsp3) is 0.0333. The molecule has 0 spiro atoms. The lowest BCUT2D eigenvalue weighted by Gasteiger charge is -2.26. The van der Waals surface area contributed by atoms with Crippen molar-refractivity contribution in [1.29, 1.82) is 0 Å². The number of hydrogen-bond donors (Lipinski definition) is 1. The maximum Gasteiger partial charge on any atom is 0.335 e. The Morgan fingerprint density at radius 2 is 1.49 bits per heavy atom. The van der Waals surface area contributed by atoms with E-state index in [4.69, 9.17) is 11.6 Å². The number of urea groups is 1. The second-order valence-corrected chi connectivity index (χ2v) is 9.24. The summed E-state index contributed by atoms with van der Waals surface area (Å²) in [5, 5.41) is 5.97. The molecular weight excluding hydrogens is 486 g/mol. The van der Waals surface area contributed by atoms with Gasteiger partial charge in [-0.15, -0.1) is 0 Å². The Labute approximate surface area is 217 Å². The van der Waals surface area contributed by atoms with Crippen LogP contribution in [-0.4, -0.2) is 22.4 Å². The van der Waals surface area contributed by atoms with Gasteiger partial charge in [-0.25, -0.2) is 9.69 Å². The average molecular weight is 506 g/mol. The molecule has 6 nitrogen and oxygen atoms in total. The Morgan fingerprint density at radius 1 is 0.784 bits per heavy atom. The van der Waals surface area contributed by atoms with Crippen molar-refractivity contribution in [2.45, 2.75) is 6.54 Å². The third kappa shape index (κ3) is 4.07. The molecule has 0 aliphatic carbocycles. The number of hydrogen-bond acceptors (Lipinski definition) is 3. The van der Waals surface area contributed by atoms with E-state index in [1.807, 2.05) is 48.7 Å². The summed E-state index contributed by atoms with van der Waals surface area (Å²) in [6, 6.07) is 27.8. The Bertz CT molecular complexity index is 1750. The number of carbonyl (C=O) groups is 3. The number of halogens is 1. The van der Waals surface area contributed by atoms with Gasteiger partial charge in [0.05, 0.1) is 5.69 Å². The number of nitrogens with zero attached hydrogens (tertiary/aromatic N) is 2. The first-order valence-electron chi connectivity index (χ1n) is 11.7. The first-order valence-corrected chi connectivity index (χ1v) is 12.1. The zero-order chi connectivity index (χ0) is 25.5. The van der Waals surface area contributed by atoms with Crippen LogP contribution in [0.5, 0.6) is 0 Å². The molecule has 37 heavy (non-hydrogen) atoms. The number of imide groups is 2. The summed E-state index contributed by atoms with van der Waals surface area (Å²) >= 11 is 5.96. The lowest BCUT2D eigenvalue weighted by molar-refractivity contribution is -0.122. The van der Waals surface area contributed by atoms with E-state index in [0.717, 1.165) is 26.8 Å². The van der Waals surface area contributed by atoms with E-state index in [0.29, 0.717) is 22.8 Å². The number of nitrogens with one attached hydrogen (secondary N) is 1. The highest BCUT2D eigenvalue weighted by Crippen LogP contribution is 2.29. The van der Waals surface area contributed by atoms with Gasteiger partial charge in [0, 0.05) is 34.2 Å². The van der Waals surface area contributed by atoms with Crippen LogP contribution in [0.2, 0.25) is 5.02 Å². The van der Waals surface area contributed by atoms with Crippen LogP contribution in [0.25, 0.3) is 27.8 Å². The van der Waals surface area contributed by atoms with Gasteiger partial charge in [-0.05, 0) is 52.7 Å². The van der Waals surface area contributed by atoms with Gasteiger partial charge in [0.25, 0.3) is 11.8 Å². The van der Waals surface area contributed by atoms with Gasteiger partial charge < -0.3 is 4.57 Å². The van der Waals surface area contributed by atoms with Crippen LogP contribution in [0.3, 0.4) is 0 Å². The van der Waals surface area contributed by atoms with E-state index in [-0.39, 0.29) is 5.57 Å². The van der Waals surface area contributed by atoms with Crippen LogP contribution in [0.1, 0.15) is 11.1 Å². The number of amides is 4. The molecule has 1 aliphatic rings. The summed E-state index contributed by atoms with van der Waals surface area (Å²) in [7, 11) is 0. The summed E-state index contributed by atoms with van der Waals surface area (Å²) in [6.45, 7) is 0.612. The molecule has 0 saturated carbocycles. The highest BCUT2D eigenvalue weighted by Gasteiger charge is 2.37. The fourth-order valence-corrected chi connectivity index (χ4v) is 4.90. The van der Waals surface area contributed by atoms with Crippen molar-refractivity contribution in [2.24, 2.45) is 0 Å². The van der Waals surface area contributed by atoms with Gasteiger partial charge >= 0.3 is 6.03 Å². The Hall–Kier alpha value is -4.68. The van der Waals surface area contributed by atoms with Crippen LogP contribution in [0.4, 0.5) is 10.5 Å². The highest BCUT2D eigenvalue weighted by atomic mass is 35.5. The SMILES string of the molecule is O=C1NC(=O)N(c2ccc(Cl)cc2)C(=O)C1=Cc1cn(Cc2cccc3ccccc23)c2ccccc12. The van der Waals surface area contributed by atoms with Crippen LogP contribution >= 0.6 is 11.6 Å². The molecule has 1 N–H and O–H groups in total. The molecule has 1 aromatic heterocycles. The van der Waals surface area contributed by atoms with E-state index < -0.39 is 17.8 Å². The van der Waals surface area contributed by atoms with Crippen molar-refractivity contribution in [3.8, 4) is 0 Å². The zero-order valence-corrected chi connectivity index (χ0v) is 20.3. The van der Waals surface area contributed by atoms with Crippen LogP contribution < -0.4 is 10.2 Å². The second kappa shape index (κ2) is 9.08. The molecule has 0 radical (unpaired) electrons. The molecule has 1 aliphatic heterocycles. The lowest BCUT2D eigenvalue weighted by Crippen LogP contribution is -2.54. The summed E-state index contributed by atoms with van der Waals surface area (Å²) in [6.07, 6.45) is 3.48. The van der Waals surface area contributed by atoms with Gasteiger partial charge in [-0.3, -0.25) is 14.9 Å². The van der Waals surface area contributed by atoms with Gasteiger partial charge in [0.2, 0.25) is 0 Å². The van der Waals surface area contributed by atoms with Crippen LogP contribution in [0.15, 0.2) is 103 Å². The molecule has 7 heteroatoms. The minimum atomic E-state index is -0.798. The molecule has 0 atom stereocenters. The summed E-state index contributed by atoms with van der Waals surface area (Å²) in [5.74, 6) is -1.42. The third-order valence-electron chi connectivity index (χ3n) is 6.53. The van der Waals surface area contributed by atoms with Crippen molar-refractivity contribution in [3.05, 3.63) is 119 Å². The summed E-state index contributed by atoms with van der Waals surface area (Å²) < 4.78 is 2.11. The number of aromatic nitrogens is 1. The Morgan fingerprint density at radius 3 is 2.30 bits per heavy atom. The first-order chi connectivity index (χ1) is 18.0. The number of rotatable bonds is 4. The zero-order valence-electron chi connectivity index (χ0n) is 19.5. The van der Waals surface area contributed by atoms with Crippen LogP contribution in [-0.2, 0) is 16.1 Å². The van der Waals surface area contributed by atoms with Gasteiger partial charge in [-0.2, -0.15) is 0 Å². The minimum Gasteiger partial charge on any atom is -0.342 e. The topological polar surface area (TPSA) is 71.4 Å². The van der Waals surface area contributed by atoms with Crippen molar-refractivity contribution < 1.29 is 14.4 Å². The maximum absolute atomic E-state index is 13.4. The predicted molar refractivity (Wildman–Crippen MR) is 145 cm³/mol. The van der Waals surface area contributed by atoms with Crippen molar-refractivity contribution in [2.75, 3.05) is 4.90 Å². The summed E-state index contributed by atoms with van der Waals surface area (Å²) in [4.78, 5) is 39.6. The predicted octanol–water partition coefficient (Wildman–Crippen LogP) is 6.16. The van der Waals surface area contributed by atoms with E-state index in [1.165, 1.54) is 5.39 Å². The number of anilines is 1. The molecular formula is C30H20ClN3O3. The number of benzene rings is 4. The molecule has 1 fully saturated rings. The van der Waals surface area contributed by atoms with Crippen LogP contribution in [0, 0.1) is 0 Å². The molecule has 0 unspecified atom stereocenters. The molecule has 4 amide bonds. The fourth-order valence-electron chi connectivity index (χ4n) is 4.77. The molecule has 1 saturated heterocycles. The van der Waals surface area contributed by atoms with Crippen molar-refractivity contribution in [3.63, 3.8) is 0 Å². The van der Waals surface area contributed by atoms with Crippen molar-refractivity contribution >= 4 is 62.9 Å². The Balaban J connectivity index is 1.43. The monoisotopic (exact) mass is 505 g/mol. The van der Waals surface area contributed by atoms with E-state index in [9.17, 15) is 14.4 Å². The molecule has 2 heterocycles. The van der Waals surface area contributed by atoms with E-state index in [1.54, 1.807) is 30.3 Å². The standard InChI is InChI=1S/C30H20ClN3O3/c31-22-12-14-23(15-13-22)34-29(36)26(28(35)32-30(34)37)16-21-18-33(27-11-4-3-10-25(21)27)17-20-8-5-7-19-6-1-2-9-24(19)20/h1-16,18H,17H2,(H,32,35,37). The third-order valence-corrected chi connectivity index (χ3v) is 6.78. The van der Waals surface area contributed by atoms with Gasteiger partial charge in [0.1, 0.15) is 5.57 Å². The molecule has 5 aromatic rings. The number of fused-ring (bicyclic) bond motifs is 2.